The van der Waals surface area contributed by atoms with Crippen LogP contribution in [0.4, 0.5) is 0 Å². The van der Waals surface area contributed by atoms with Gasteiger partial charge in [0.15, 0.2) is 0 Å². The summed E-state index contributed by atoms with van der Waals surface area (Å²) in [6.07, 6.45) is 0.339. The third-order valence-electron chi connectivity index (χ3n) is 1.98. The van der Waals surface area contributed by atoms with E-state index in [2.05, 4.69) is 11.1 Å². The quantitative estimate of drug-likeness (QED) is 0.742. The highest BCUT2D eigenvalue weighted by Crippen LogP contribution is 2.16. The standard InChI is InChI=1S/C10H13N3/c1-7-3-4-9(8(2)13-7)10(12)5-6-11/h3-4,10H,5,12H2,1-2H3/t10-/m0/s1. The second kappa shape index (κ2) is 4.01. The van der Waals surface area contributed by atoms with Gasteiger partial charge in [-0.2, -0.15) is 5.26 Å². The van der Waals surface area contributed by atoms with Crippen molar-refractivity contribution in [1.29, 1.82) is 5.26 Å². The van der Waals surface area contributed by atoms with E-state index in [4.69, 9.17) is 11.0 Å². The van der Waals surface area contributed by atoms with Crippen molar-refractivity contribution in [2.75, 3.05) is 0 Å². The summed E-state index contributed by atoms with van der Waals surface area (Å²) in [7, 11) is 0. The molecule has 0 amide bonds. The maximum atomic E-state index is 8.49. The molecule has 3 heteroatoms. The first-order chi connectivity index (χ1) is 6.15. The SMILES string of the molecule is Cc1ccc([C@@H](N)CC#N)c(C)n1. The van der Waals surface area contributed by atoms with Gasteiger partial charge in [0.05, 0.1) is 12.5 Å². The molecular weight excluding hydrogens is 162 g/mol. The van der Waals surface area contributed by atoms with E-state index >= 15 is 0 Å². The second-order valence-corrected chi connectivity index (χ2v) is 3.10. The number of hydrogen-bond donors (Lipinski definition) is 1. The number of aryl methyl sites for hydroxylation is 2. The summed E-state index contributed by atoms with van der Waals surface area (Å²) in [6.45, 7) is 3.85. The molecule has 0 aliphatic heterocycles. The van der Waals surface area contributed by atoms with Crippen LogP contribution < -0.4 is 5.73 Å². The average Bonchev–Trinajstić information content (AvgIpc) is 2.04. The Kier molecular flexibility index (Phi) is 2.99. The van der Waals surface area contributed by atoms with E-state index in [1.807, 2.05) is 26.0 Å². The van der Waals surface area contributed by atoms with Crippen LogP contribution in [0.25, 0.3) is 0 Å². The molecule has 1 heterocycles. The van der Waals surface area contributed by atoms with Gasteiger partial charge in [-0.1, -0.05) is 6.07 Å². The van der Waals surface area contributed by atoms with Gasteiger partial charge in [0, 0.05) is 17.4 Å². The van der Waals surface area contributed by atoms with Crippen molar-refractivity contribution in [3.8, 4) is 6.07 Å². The number of nitrogens with zero attached hydrogens (tertiary/aromatic N) is 2. The lowest BCUT2D eigenvalue weighted by Gasteiger charge is -2.10. The third kappa shape index (κ3) is 2.27. The number of pyridine rings is 1. The minimum Gasteiger partial charge on any atom is -0.323 e. The normalized spacial score (nSPS) is 12.2. The van der Waals surface area contributed by atoms with Crippen LogP contribution in [0.5, 0.6) is 0 Å². The fourth-order valence-corrected chi connectivity index (χ4v) is 1.30. The van der Waals surface area contributed by atoms with Gasteiger partial charge in [0.1, 0.15) is 0 Å². The lowest BCUT2D eigenvalue weighted by Crippen LogP contribution is -2.11. The van der Waals surface area contributed by atoms with Crippen molar-refractivity contribution in [1.82, 2.24) is 4.98 Å². The summed E-state index contributed by atoms with van der Waals surface area (Å²) < 4.78 is 0. The second-order valence-electron chi connectivity index (χ2n) is 3.10. The van der Waals surface area contributed by atoms with E-state index in [-0.39, 0.29) is 6.04 Å². The molecule has 0 radical (unpaired) electrons. The Morgan fingerprint density at radius 3 is 2.77 bits per heavy atom. The van der Waals surface area contributed by atoms with Crippen LogP contribution in [-0.2, 0) is 0 Å². The molecule has 0 spiro atoms. The molecule has 0 saturated heterocycles. The maximum absolute atomic E-state index is 8.49. The maximum Gasteiger partial charge on any atom is 0.0641 e. The third-order valence-corrected chi connectivity index (χ3v) is 1.98. The molecule has 2 N–H and O–H groups in total. The van der Waals surface area contributed by atoms with Crippen molar-refractivity contribution in [3.63, 3.8) is 0 Å². The molecule has 0 aliphatic rings. The van der Waals surface area contributed by atoms with Crippen LogP contribution in [0.1, 0.15) is 29.4 Å². The van der Waals surface area contributed by atoms with Crippen molar-refractivity contribution >= 4 is 0 Å². The molecular formula is C10H13N3. The highest BCUT2D eigenvalue weighted by molar-refractivity contribution is 5.25. The number of hydrogen-bond acceptors (Lipinski definition) is 3. The molecule has 1 aromatic heterocycles. The van der Waals surface area contributed by atoms with E-state index in [0.29, 0.717) is 6.42 Å². The predicted octanol–water partition coefficient (Wildman–Crippen LogP) is 1.61. The van der Waals surface area contributed by atoms with Gasteiger partial charge in [-0.3, -0.25) is 4.98 Å². The van der Waals surface area contributed by atoms with Gasteiger partial charge in [-0.25, -0.2) is 0 Å². The Labute approximate surface area is 78.2 Å². The number of aromatic nitrogens is 1. The molecule has 1 rings (SSSR count). The number of nitrogens with two attached hydrogens (primary N) is 1. The van der Waals surface area contributed by atoms with Crippen LogP contribution in [0.15, 0.2) is 12.1 Å². The molecule has 3 nitrogen and oxygen atoms in total. The summed E-state index contributed by atoms with van der Waals surface area (Å²) >= 11 is 0. The molecule has 0 aromatic carbocycles. The number of nitriles is 1. The zero-order valence-corrected chi connectivity index (χ0v) is 7.91. The molecule has 13 heavy (non-hydrogen) atoms. The first-order valence-electron chi connectivity index (χ1n) is 4.22. The molecule has 0 fully saturated rings. The fourth-order valence-electron chi connectivity index (χ4n) is 1.30. The smallest absolute Gasteiger partial charge is 0.0641 e. The molecule has 0 unspecified atom stereocenters. The van der Waals surface area contributed by atoms with E-state index in [1.165, 1.54) is 0 Å². The molecule has 1 atom stereocenters. The van der Waals surface area contributed by atoms with Crippen LogP contribution in [0.3, 0.4) is 0 Å². The molecule has 0 saturated carbocycles. The van der Waals surface area contributed by atoms with Crippen molar-refractivity contribution < 1.29 is 0 Å². The zero-order valence-electron chi connectivity index (χ0n) is 7.91. The lowest BCUT2D eigenvalue weighted by molar-refractivity contribution is 0.734. The minimum absolute atomic E-state index is 0.210. The number of rotatable bonds is 2. The van der Waals surface area contributed by atoms with Gasteiger partial charge in [-0.15, -0.1) is 0 Å². The fraction of sp³-hybridized carbons (Fsp3) is 0.400. The van der Waals surface area contributed by atoms with Crippen LogP contribution in [0, 0.1) is 25.2 Å². The first kappa shape index (κ1) is 9.69. The summed E-state index contributed by atoms with van der Waals surface area (Å²) in [5, 5.41) is 8.49. The Hall–Kier alpha value is -1.40. The van der Waals surface area contributed by atoms with Gasteiger partial charge in [0.2, 0.25) is 0 Å². The summed E-state index contributed by atoms with van der Waals surface area (Å²) in [5.74, 6) is 0. The molecule has 0 aliphatic carbocycles. The first-order valence-corrected chi connectivity index (χ1v) is 4.22. The minimum atomic E-state index is -0.210. The van der Waals surface area contributed by atoms with Crippen molar-refractivity contribution in [2.45, 2.75) is 26.3 Å². The van der Waals surface area contributed by atoms with E-state index in [1.54, 1.807) is 0 Å². The van der Waals surface area contributed by atoms with Gasteiger partial charge >= 0.3 is 0 Å². The molecule has 68 valence electrons. The Balaban J connectivity index is 2.96. The zero-order chi connectivity index (χ0) is 9.84. The summed E-state index contributed by atoms with van der Waals surface area (Å²) in [4.78, 5) is 4.29. The monoisotopic (exact) mass is 175 g/mol. The molecule has 0 bridgehead atoms. The van der Waals surface area contributed by atoms with Crippen molar-refractivity contribution in [2.24, 2.45) is 5.73 Å². The highest BCUT2D eigenvalue weighted by Gasteiger charge is 2.08. The highest BCUT2D eigenvalue weighted by atomic mass is 14.7. The van der Waals surface area contributed by atoms with Gasteiger partial charge < -0.3 is 5.73 Å². The lowest BCUT2D eigenvalue weighted by atomic mass is 10.0. The average molecular weight is 175 g/mol. The predicted molar refractivity (Wildman–Crippen MR) is 50.9 cm³/mol. The van der Waals surface area contributed by atoms with Gasteiger partial charge in [0.25, 0.3) is 0 Å². The van der Waals surface area contributed by atoms with E-state index < -0.39 is 0 Å². The van der Waals surface area contributed by atoms with Crippen LogP contribution in [-0.4, -0.2) is 4.98 Å². The van der Waals surface area contributed by atoms with E-state index in [0.717, 1.165) is 17.0 Å². The van der Waals surface area contributed by atoms with Crippen LogP contribution in [0.2, 0.25) is 0 Å². The summed E-state index contributed by atoms with van der Waals surface area (Å²) in [5.41, 5.74) is 8.66. The topological polar surface area (TPSA) is 62.7 Å². The van der Waals surface area contributed by atoms with Crippen molar-refractivity contribution in [3.05, 3.63) is 29.1 Å². The Morgan fingerprint density at radius 1 is 1.54 bits per heavy atom. The van der Waals surface area contributed by atoms with Gasteiger partial charge in [-0.05, 0) is 25.5 Å². The van der Waals surface area contributed by atoms with Crippen LogP contribution >= 0.6 is 0 Å². The Morgan fingerprint density at radius 2 is 2.23 bits per heavy atom. The van der Waals surface area contributed by atoms with E-state index in [9.17, 15) is 0 Å². The molecule has 1 aromatic rings. The largest absolute Gasteiger partial charge is 0.323 e. The summed E-state index contributed by atoms with van der Waals surface area (Å²) in [6, 6.07) is 5.71. The Bertz CT molecular complexity index is 339.